The van der Waals surface area contributed by atoms with Gasteiger partial charge >= 0.3 is 5.97 Å². The highest BCUT2D eigenvalue weighted by Gasteiger charge is 2.32. The van der Waals surface area contributed by atoms with Crippen molar-refractivity contribution in [3.63, 3.8) is 0 Å². The number of carbonyl (C=O) groups is 1. The maximum absolute atomic E-state index is 12.4. The Hall–Kier alpha value is -5.35. The van der Waals surface area contributed by atoms with Crippen LogP contribution in [-0.2, 0) is 16.3 Å². The third-order valence-electron chi connectivity index (χ3n) is 7.84. The fourth-order valence-electron chi connectivity index (χ4n) is 5.44. The van der Waals surface area contributed by atoms with Crippen LogP contribution in [0.5, 0.6) is 5.75 Å². The van der Waals surface area contributed by atoms with Gasteiger partial charge in [-0.05, 0) is 75.1 Å². The molecule has 0 saturated carbocycles. The summed E-state index contributed by atoms with van der Waals surface area (Å²) in [5, 5.41) is 10.7. The first kappa shape index (κ1) is 35.5. The highest BCUT2D eigenvalue weighted by molar-refractivity contribution is 5.89. The zero-order valence-corrected chi connectivity index (χ0v) is 28.1. The highest BCUT2D eigenvalue weighted by atomic mass is 16.5. The zero-order valence-electron chi connectivity index (χ0n) is 28.1. The molecule has 2 aromatic heterocycles. The van der Waals surface area contributed by atoms with Crippen LogP contribution < -0.4 is 10.5 Å². The number of fused-ring (bicyclic) bond motifs is 3. The molecule has 1 aliphatic rings. The second-order valence-electron chi connectivity index (χ2n) is 11.5. The Labute approximate surface area is 284 Å². The molecule has 3 heterocycles. The van der Waals surface area contributed by atoms with Crippen molar-refractivity contribution in [2.45, 2.75) is 77.9 Å². The van der Waals surface area contributed by atoms with Gasteiger partial charge in [0.2, 0.25) is 5.88 Å². The zero-order chi connectivity index (χ0) is 34.0. The van der Waals surface area contributed by atoms with Crippen molar-refractivity contribution in [2.75, 3.05) is 0 Å². The molecule has 0 spiro atoms. The van der Waals surface area contributed by atoms with Gasteiger partial charge in [-0.1, -0.05) is 92.0 Å². The van der Waals surface area contributed by atoms with Crippen LogP contribution in [0, 0.1) is 18.3 Å². The Balaban J connectivity index is 1.18. The predicted octanol–water partition coefficient (Wildman–Crippen LogP) is 9.54. The van der Waals surface area contributed by atoms with E-state index in [1.165, 1.54) is 0 Å². The first-order valence-corrected chi connectivity index (χ1v) is 16.7. The van der Waals surface area contributed by atoms with Crippen LogP contribution in [0.2, 0.25) is 0 Å². The summed E-state index contributed by atoms with van der Waals surface area (Å²) in [6.45, 7) is 4.20. The summed E-state index contributed by atoms with van der Waals surface area (Å²) in [4.78, 5) is 16.8. The average molecular weight is 643 g/mol. The molecule has 3 aromatic rings. The van der Waals surface area contributed by atoms with Gasteiger partial charge in [0.1, 0.15) is 17.4 Å². The van der Waals surface area contributed by atoms with Crippen LogP contribution in [0.4, 0.5) is 0 Å². The van der Waals surface area contributed by atoms with Crippen LogP contribution in [0.3, 0.4) is 0 Å². The van der Waals surface area contributed by atoms with Gasteiger partial charge in [-0.25, -0.2) is 0 Å². The highest BCUT2D eigenvalue weighted by Crippen LogP contribution is 2.45. The van der Waals surface area contributed by atoms with Crippen LogP contribution in [0.1, 0.15) is 80.9 Å². The van der Waals surface area contributed by atoms with Crippen LogP contribution in [0.25, 0.3) is 10.9 Å². The van der Waals surface area contributed by atoms with E-state index in [1.54, 1.807) is 12.4 Å². The normalized spacial score (nSPS) is 15.1. The number of aryl methyl sites for hydroxylation is 1. The lowest BCUT2D eigenvalue weighted by atomic mass is 9.83. The Kier molecular flexibility index (Phi) is 14.3. The summed E-state index contributed by atoms with van der Waals surface area (Å²) < 4.78 is 13.4. The van der Waals surface area contributed by atoms with Gasteiger partial charge in [-0.15, -0.1) is 0 Å². The minimum atomic E-state index is -0.384. The van der Waals surface area contributed by atoms with Crippen molar-refractivity contribution in [3.8, 4) is 11.8 Å². The first-order valence-electron chi connectivity index (χ1n) is 16.7. The number of nitriles is 1. The van der Waals surface area contributed by atoms with Crippen molar-refractivity contribution >= 4 is 16.9 Å². The molecule has 48 heavy (non-hydrogen) atoms. The van der Waals surface area contributed by atoms with Gasteiger partial charge in [-0.2, -0.15) is 5.26 Å². The molecule has 0 aliphatic carbocycles. The van der Waals surface area contributed by atoms with Gasteiger partial charge in [0, 0.05) is 36.0 Å². The van der Waals surface area contributed by atoms with Gasteiger partial charge in [-0.3, -0.25) is 9.78 Å². The van der Waals surface area contributed by atoms with E-state index in [-0.39, 0.29) is 24.5 Å². The van der Waals surface area contributed by atoms with E-state index >= 15 is 0 Å². The number of benzene rings is 1. The van der Waals surface area contributed by atoms with E-state index < -0.39 is 0 Å². The van der Waals surface area contributed by atoms with Crippen molar-refractivity contribution in [1.82, 2.24) is 9.55 Å². The molecule has 248 valence electrons. The quantitative estimate of drug-likeness (QED) is 0.116. The molecule has 0 radical (unpaired) electrons. The van der Waals surface area contributed by atoms with Crippen LogP contribution in [-0.4, -0.2) is 15.5 Å². The summed E-state index contributed by atoms with van der Waals surface area (Å²) in [6, 6.07) is 10.0. The summed E-state index contributed by atoms with van der Waals surface area (Å²) in [5.74, 6) is 0.0324. The lowest BCUT2D eigenvalue weighted by Gasteiger charge is -2.27. The number of allylic oxidation sites excluding steroid dienone is 13. The van der Waals surface area contributed by atoms with E-state index in [2.05, 4.69) is 84.8 Å². The number of carbonyl (C=O) groups excluding carboxylic acids is 1. The third kappa shape index (κ3) is 10.3. The Morgan fingerprint density at radius 2 is 1.56 bits per heavy atom. The van der Waals surface area contributed by atoms with Gasteiger partial charge in [0.05, 0.1) is 11.4 Å². The van der Waals surface area contributed by atoms with E-state index in [0.29, 0.717) is 24.2 Å². The predicted molar refractivity (Wildman–Crippen MR) is 194 cm³/mol. The SMILES string of the molecule is CC/C=C\C/C=C\C/C=C\C/C=C\C/C=C\C/C=C\CCC(=O)OCn1ccc2c3c(ccc21)C(c1cncc(C)c1)C(C#N)=C(N)O3. The van der Waals surface area contributed by atoms with Crippen molar-refractivity contribution in [2.24, 2.45) is 5.73 Å². The molecule has 7 nitrogen and oxygen atoms in total. The molecule has 1 aromatic carbocycles. The third-order valence-corrected chi connectivity index (χ3v) is 7.84. The van der Waals surface area contributed by atoms with E-state index in [4.69, 9.17) is 15.2 Å². The molecule has 7 heteroatoms. The molecule has 0 fully saturated rings. The lowest BCUT2D eigenvalue weighted by molar-refractivity contribution is -0.147. The van der Waals surface area contributed by atoms with E-state index in [1.807, 2.05) is 48.0 Å². The number of pyridine rings is 1. The lowest BCUT2D eigenvalue weighted by Crippen LogP contribution is -2.21. The number of hydrogen-bond donors (Lipinski definition) is 1. The van der Waals surface area contributed by atoms with E-state index in [0.717, 1.165) is 66.1 Å². The summed E-state index contributed by atoms with van der Waals surface area (Å²) in [7, 11) is 0. The Bertz CT molecular complexity index is 1780. The molecular weight excluding hydrogens is 596 g/mol. The van der Waals surface area contributed by atoms with Gasteiger partial charge in [0.15, 0.2) is 6.73 Å². The average Bonchev–Trinajstić information content (AvgIpc) is 3.51. The molecule has 2 N–H and O–H groups in total. The van der Waals surface area contributed by atoms with Crippen molar-refractivity contribution in [1.29, 1.82) is 5.26 Å². The number of aromatic nitrogens is 2. The second-order valence-corrected chi connectivity index (χ2v) is 11.5. The molecule has 0 bridgehead atoms. The Morgan fingerprint density at radius 1 is 0.938 bits per heavy atom. The van der Waals surface area contributed by atoms with Gasteiger partial charge < -0.3 is 19.8 Å². The van der Waals surface area contributed by atoms with E-state index in [9.17, 15) is 10.1 Å². The molecule has 0 saturated heterocycles. The number of hydrogen-bond acceptors (Lipinski definition) is 6. The minimum absolute atomic E-state index is 0.0811. The molecule has 1 aliphatic heterocycles. The number of nitrogens with zero attached hydrogens (tertiary/aromatic N) is 3. The number of nitrogens with two attached hydrogens (primary N) is 1. The van der Waals surface area contributed by atoms with Crippen LogP contribution in [0.15, 0.2) is 127 Å². The minimum Gasteiger partial charge on any atom is -0.444 e. The Morgan fingerprint density at radius 3 is 2.17 bits per heavy atom. The first-order chi connectivity index (χ1) is 23.5. The topological polar surface area (TPSA) is 103 Å². The molecule has 0 amide bonds. The molecule has 1 unspecified atom stereocenters. The maximum atomic E-state index is 12.4. The maximum Gasteiger partial charge on any atom is 0.307 e. The molecule has 1 atom stereocenters. The second kappa shape index (κ2) is 19.3. The standard InChI is InChI=1S/C41H46N4O3/c1-3-4-5-6-7-8-9-10-11-12-13-14-15-16-17-18-19-20-21-22-38(46)47-31-45-26-25-34-37(45)24-23-35-39(33-27-32(2)29-44-30-33)36(28-42)41(43)48-40(34)35/h4-5,7-8,10-11,13-14,16-17,19-20,23-27,29-30,39H,3,6,9,12,15,18,21-22,31,43H2,1-2H3/b5-4-,8-7-,11-10-,14-13-,17-16-,20-19-. The summed E-state index contributed by atoms with van der Waals surface area (Å²) in [6.07, 6.45) is 38.1. The number of esters is 1. The molecule has 4 rings (SSSR count). The van der Waals surface area contributed by atoms with Crippen LogP contribution >= 0.6 is 0 Å². The smallest absolute Gasteiger partial charge is 0.307 e. The summed E-state index contributed by atoms with van der Waals surface area (Å²) in [5.41, 5.74) is 10.1. The monoisotopic (exact) mass is 642 g/mol. The number of rotatable bonds is 17. The van der Waals surface area contributed by atoms with Gasteiger partial charge in [0.25, 0.3) is 0 Å². The summed E-state index contributed by atoms with van der Waals surface area (Å²) >= 11 is 0. The largest absolute Gasteiger partial charge is 0.444 e. The van der Waals surface area contributed by atoms with Crippen molar-refractivity contribution in [3.05, 3.63) is 144 Å². The molecular formula is C41H46N4O3. The fourth-order valence-corrected chi connectivity index (χ4v) is 5.44. The number of ether oxygens (including phenoxy) is 2. The van der Waals surface area contributed by atoms with Crippen molar-refractivity contribution < 1.29 is 14.3 Å². The fraction of sp³-hybridized carbons (Fsp3) is 0.293.